The van der Waals surface area contributed by atoms with Crippen molar-refractivity contribution in [2.45, 2.75) is 20.4 Å². The minimum atomic E-state index is -0.0118. The highest BCUT2D eigenvalue weighted by atomic mass is 16.2. The summed E-state index contributed by atoms with van der Waals surface area (Å²) in [5, 5.41) is 0. The molecule has 0 saturated carbocycles. The molecule has 1 amide bonds. The molecule has 20 heavy (non-hydrogen) atoms. The summed E-state index contributed by atoms with van der Waals surface area (Å²) in [5.41, 5.74) is 10.4. The highest BCUT2D eigenvalue weighted by molar-refractivity contribution is 6.06. The van der Waals surface area contributed by atoms with E-state index in [2.05, 4.69) is 0 Å². The van der Waals surface area contributed by atoms with Crippen LogP contribution < -0.4 is 10.6 Å². The Balaban J connectivity index is 2.29. The van der Waals surface area contributed by atoms with E-state index in [1.165, 1.54) is 0 Å². The number of rotatable bonds is 3. The number of carbonyl (C=O) groups excluding carboxylic acids is 1. The zero-order chi connectivity index (χ0) is 14.7. The highest BCUT2D eigenvalue weighted by Crippen LogP contribution is 2.22. The maximum Gasteiger partial charge on any atom is 0.258 e. The van der Waals surface area contributed by atoms with Gasteiger partial charge < -0.3 is 10.6 Å². The summed E-state index contributed by atoms with van der Waals surface area (Å²) >= 11 is 0. The summed E-state index contributed by atoms with van der Waals surface area (Å²) in [7, 11) is 1.81. The molecule has 0 aliphatic heterocycles. The predicted octanol–water partition coefficient (Wildman–Crippen LogP) is 3.04. The molecule has 0 spiro atoms. The van der Waals surface area contributed by atoms with Crippen LogP contribution in [-0.2, 0) is 6.54 Å². The third-order valence-electron chi connectivity index (χ3n) is 3.47. The molecule has 0 radical (unpaired) electrons. The fourth-order valence-electron chi connectivity index (χ4n) is 2.17. The molecule has 2 N–H and O–H groups in total. The lowest BCUT2D eigenvalue weighted by Gasteiger charge is -2.20. The van der Waals surface area contributed by atoms with E-state index in [1.807, 2.05) is 56.3 Å². The Morgan fingerprint density at radius 1 is 1.10 bits per heavy atom. The number of aryl methyl sites for hydroxylation is 2. The maximum atomic E-state index is 12.5. The Hall–Kier alpha value is -2.13. The molecule has 0 unspecified atom stereocenters. The van der Waals surface area contributed by atoms with Crippen molar-refractivity contribution in [1.82, 2.24) is 0 Å². The molecule has 0 aliphatic rings. The van der Waals surface area contributed by atoms with Gasteiger partial charge in [0.1, 0.15) is 0 Å². The van der Waals surface area contributed by atoms with Gasteiger partial charge in [-0.2, -0.15) is 0 Å². The second-order valence-corrected chi connectivity index (χ2v) is 5.06. The normalized spacial score (nSPS) is 10.4. The summed E-state index contributed by atoms with van der Waals surface area (Å²) < 4.78 is 0. The van der Waals surface area contributed by atoms with Gasteiger partial charge >= 0.3 is 0 Å². The standard InChI is InChI=1S/C17H20N2O/c1-12-4-5-13(2)16(10-12)19(3)17(20)15-8-6-14(11-18)7-9-15/h4-10H,11,18H2,1-3H3. The van der Waals surface area contributed by atoms with Crippen molar-refractivity contribution in [3.63, 3.8) is 0 Å². The van der Waals surface area contributed by atoms with Gasteiger partial charge in [-0.25, -0.2) is 0 Å². The van der Waals surface area contributed by atoms with Crippen molar-refractivity contribution in [2.24, 2.45) is 5.73 Å². The van der Waals surface area contributed by atoms with Crippen LogP contribution in [0.1, 0.15) is 27.0 Å². The molecule has 2 aromatic rings. The summed E-state index contributed by atoms with van der Waals surface area (Å²) in [6, 6.07) is 13.5. The first-order valence-corrected chi connectivity index (χ1v) is 6.67. The molecule has 2 aromatic carbocycles. The fraction of sp³-hybridized carbons (Fsp3) is 0.235. The topological polar surface area (TPSA) is 46.3 Å². The molecule has 3 heteroatoms. The van der Waals surface area contributed by atoms with Crippen LogP contribution >= 0.6 is 0 Å². The predicted molar refractivity (Wildman–Crippen MR) is 83.0 cm³/mol. The van der Waals surface area contributed by atoms with E-state index >= 15 is 0 Å². The smallest absolute Gasteiger partial charge is 0.258 e. The van der Waals surface area contributed by atoms with Gasteiger partial charge in [0.05, 0.1) is 0 Å². The average Bonchev–Trinajstić information content (AvgIpc) is 2.48. The van der Waals surface area contributed by atoms with Gasteiger partial charge in [0.2, 0.25) is 0 Å². The molecule has 0 bridgehead atoms. The quantitative estimate of drug-likeness (QED) is 0.930. The van der Waals surface area contributed by atoms with Crippen LogP contribution in [0.2, 0.25) is 0 Å². The number of amides is 1. The van der Waals surface area contributed by atoms with E-state index < -0.39 is 0 Å². The molecule has 0 aliphatic carbocycles. The molecule has 0 saturated heterocycles. The van der Waals surface area contributed by atoms with Crippen LogP contribution in [0.3, 0.4) is 0 Å². The van der Waals surface area contributed by atoms with Crippen LogP contribution in [0.15, 0.2) is 42.5 Å². The molecule has 2 rings (SSSR count). The van der Waals surface area contributed by atoms with Gasteiger partial charge in [-0.05, 0) is 48.7 Å². The number of nitrogens with zero attached hydrogens (tertiary/aromatic N) is 1. The Labute approximate surface area is 120 Å². The van der Waals surface area contributed by atoms with Crippen molar-refractivity contribution >= 4 is 11.6 Å². The van der Waals surface area contributed by atoms with Crippen molar-refractivity contribution in [2.75, 3.05) is 11.9 Å². The fourth-order valence-corrected chi connectivity index (χ4v) is 2.17. The summed E-state index contributed by atoms with van der Waals surface area (Å²) in [4.78, 5) is 14.2. The Kier molecular flexibility index (Phi) is 4.20. The van der Waals surface area contributed by atoms with Gasteiger partial charge in [-0.1, -0.05) is 24.3 Å². The van der Waals surface area contributed by atoms with Gasteiger partial charge in [0.25, 0.3) is 5.91 Å². The number of carbonyl (C=O) groups is 1. The average molecular weight is 268 g/mol. The maximum absolute atomic E-state index is 12.5. The summed E-state index contributed by atoms with van der Waals surface area (Å²) in [5.74, 6) is -0.0118. The van der Waals surface area contributed by atoms with E-state index in [1.54, 1.807) is 11.9 Å². The second-order valence-electron chi connectivity index (χ2n) is 5.06. The minimum Gasteiger partial charge on any atom is -0.326 e. The Bertz CT molecular complexity index is 617. The van der Waals surface area contributed by atoms with Crippen LogP contribution in [-0.4, -0.2) is 13.0 Å². The third kappa shape index (κ3) is 2.89. The van der Waals surface area contributed by atoms with Gasteiger partial charge in [0.15, 0.2) is 0 Å². The minimum absolute atomic E-state index is 0.0118. The molecule has 104 valence electrons. The number of nitrogens with two attached hydrogens (primary N) is 1. The SMILES string of the molecule is Cc1ccc(C)c(N(C)C(=O)c2ccc(CN)cc2)c1. The monoisotopic (exact) mass is 268 g/mol. The summed E-state index contributed by atoms with van der Waals surface area (Å²) in [6.07, 6.45) is 0. The first kappa shape index (κ1) is 14.3. The van der Waals surface area contributed by atoms with Crippen molar-refractivity contribution < 1.29 is 4.79 Å². The summed E-state index contributed by atoms with van der Waals surface area (Å²) in [6.45, 7) is 4.52. The molecule has 0 aromatic heterocycles. The molecule has 0 fully saturated rings. The molecular formula is C17H20N2O. The lowest BCUT2D eigenvalue weighted by molar-refractivity contribution is 0.0993. The van der Waals surface area contributed by atoms with E-state index in [0.29, 0.717) is 12.1 Å². The molecule has 3 nitrogen and oxygen atoms in total. The van der Waals surface area contributed by atoms with E-state index in [-0.39, 0.29) is 5.91 Å². The Morgan fingerprint density at radius 2 is 1.75 bits per heavy atom. The van der Waals surface area contributed by atoms with Crippen LogP contribution in [0.5, 0.6) is 0 Å². The zero-order valence-corrected chi connectivity index (χ0v) is 12.2. The first-order chi connectivity index (χ1) is 9.52. The molecule has 0 heterocycles. The number of hydrogen-bond donors (Lipinski definition) is 1. The molecular weight excluding hydrogens is 248 g/mol. The largest absolute Gasteiger partial charge is 0.326 e. The number of hydrogen-bond acceptors (Lipinski definition) is 2. The highest BCUT2D eigenvalue weighted by Gasteiger charge is 2.15. The van der Waals surface area contributed by atoms with Crippen molar-refractivity contribution in [3.05, 3.63) is 64.7 Å². The second kappa shape index (κ2) is 5.88. The van der Waals surface area contributed by atoms with Crippen LogP contribution in [0, 0.1) is 13.8 Å². The van der Waals surface area contributed by atoms with Crippen molar-refractivity contribution in [1.29, 1.82) is 0 Å². The van der Waals surface area contributed by atoms with E-state index in [9.17, 15) is 4.79 Å². The van der Waals surface area contributed by atoms with Gasteiger partial charge in [0, 0.05) is 24.8 Å². The molecule has 0 atom stereocenters. The third-order valence-corrected chi connectivity index (χ3v) is 3.47. The van der Waals surface area contributed by atoms with E-state index in [4.69, 9.17) is 5.73 Å². The van der Waals surface area contributed by atoms with E-state index in [0.717, 1.165) is 22.4 Å². The first-order valence-electron chi connectivity index (χ1n) is 6.67. The van der Waals surface area contributed by atoms with Crippen LogP contribution in [0.4, 0.5) is 5.69 Å². The Morgan fingerprint density at radius 3 is 2.35 bits per heavy atom. The zero-order valence-electron chi connectivity index (χ0n) is 12.2. The van der Waals surface area contributed by atoms with Crippen molar-refractivity contribution in [3.8, 4) is 0 Å². The lowest BCUT2D eigenvalue weighted by Crippen LogP contribution is -2.27. The lowest BCUT2D eigenvalue weighted by atomic mass is 10.1. The number of benzene rings is 2. The number of anilines is 1. The van der Waals surface area contributed by atoms with Gasteiger partial charge in [-0.15, -0.1) is 0 Å². The van der Waals surface area contributed by atoms with Crippen LogP contribution in [0.25, 0.3) is 0 Å². The van der Waals surface area contributed by atoms with Gasteiger partial charge in [-0.3, -0.25) is 4.79 Å².